The minimum atomic E-state index is -5.37. The van der Waals surface area contributed by atoms with Crippen LogP contribution in [0.4, 0.5) is 5.82 Å². The summed E-state index contributed by atoms with van der Waals surface area (Å²) < 4.78 is 50.8. The van der Waals surface area contributed by atoms with Crippen molar-refractivity contribution in [1.82, 2.24) is 24.4 Å². The Kier molecular flexibility index (Phi) is 11.5. The van der Waals surface area contributed by atoms with Crippen LogP contribution in [0.5, 0.6) is 0 Å². The number of amides is 1. The van der Waals surface area contributed by atoms with Crippen LogP contribution in [0.25, 0.3) is 11.2 Å². The number of primary amides is 1. The second-order valence-electron chi connectivity index (χ2n) is 9.84. The van der Waals surface area contributed by atoms with Crippen molar-refractivity contribution < 1.29 is 69.8 Å². The molecule has 0 aliphatic carbocycles. The molecular weight excluding hydrogens is 676 g/mol. The molecule has 5 heterocycles. The van der Waals surface area contributed by atoms with Crippen molar-refractivity contribution in [1.29, 1.82) is 0 Å². The molecular formula is C21H31CaN7O14P2. The first-order valence-corrected chi connectivity index (χ1v) is 15.7. The number of allylic oxidation sites excluding steroid dienone is 1. The summed E-state index contributed by atoms with van der Waals surface area (Å²) in [6, 6.07) is 0. The zero-order chi connectivity index (χ0) is 32.0. The first kappa shape index (κ1) is 36.2. The van der Waals surface area contributed by atoms with Gasteiger partial charge in [-0.05, 0) is 6.42 Å². The van der Waals surface area contributed by atoms with Crippen molar-refractivity contribution in [2.24, 2.45) is 5.73 Å². The molecule has 0 aromatic carbocycles. The molecule has 0 saturated carbocycles. The van der Waals surface area contributed by atoms with Gasteiger partial charge in [-0.15, -0.1) is 0 Å². The molecule has 2 aromatic heterocycles. The Morgan fingerprint density at radius 1 is 0.978 bits per heavy atom. The van der Waals surface area contributed by atoms with Gasteiger partial charge in [0.2, 0.25) is 5.91 Å². The summed E-state index contributed by atoms with van der Waals surface area (Å²) in [6.45, 7) is -1.79. The SMILES string of the molecule is NC(=O)C1=CN([C@@H]2O[C@H](COP(=O)(O)OP(=O)(O)OC[C@H]3O[C@@H](n4cnc5c(N)ncnc54)[C@H](O)[C@@H]3O)[C@@H](O)[C@H]2O)C=CC1.[Ca+2].[H-].[H-]. The second-order valence-corrected chi connectivity index (χ2v) is 12.9. The normalized spacial score (nSPS) is 32.6. The molecule has 1 amide bonds. The second kappa shape index (κ2) is 14.2. The molecule has 21 nitrogen and oxygen atoms in total. The molecule has 3 aliphatic rings. The fraction of sp³-hybridized carbons (Fsp3) is 0.524. The molecule has 3 aliphatic heterocycles. The number of nitrogen functional groups attached to an aromatic ring is 1. The molecule has 10 atom stereocenters. The van der Waals surface area contributed by atoms with Gasteiger partial charge in [-0.1, -0.05) is 6.08 Å². The number of aliphatic hydroxyl groups excluding tert-OH is 4. The number of phosphoric ester groups is 2. The van der Waals surface area contributed by atoms with E-state index in [0.717, 1.165) is 6.33 Å². The monoisotopic (exact) mass is 707 g/mol. The van der Waals surface area contributed by atoms with E-state index in [1.165, 1.54) is 28.2 Å². The Morgan fingerprint density at radius 2 is 1.56 bits per heavy atom. The third-order valence-electron chi connectivity index (χ3n) is 6.88. The number of phosphoric acid groups is 2. The zero-order valence-corrected chi connectivity index (χ0v) is 27.1. The van der Waals surface area contributed by atoms with Crippen molar-refractivity contribution in [2.45, 2.75) is 55.5 Å². The Morgan fingerprint density at radius 3 is 2.16 bits per heavy atom. The van der Waals surface area contributed by atoms with Gasteiger partial charge in [0.15, 0.2) is 23.9 Å². The standard InChI is InChI=1S/C21H29N7O14P2.Ca.2H/c22-17-12-19(25-7-24-17)28(8-26-12)21-16(32)14(30)11(41-21)6-39-44(36,37)42-43(34,35)38-5-10-13(29)15(31)20(40-10)27-3-1-2-9(4-27)18(23)33;;;/h1,3-4,7-8,10-11,13-16,20-21,29-32H,2,5-6H2,(H2,23,33)(H,34,35)(H,36,37)(H2,22,24,25);;;/q;+2;2*-1/t10-,11-,13-,14-,15-,16-,20-,21-;;;/m1.../s1. The Labute approximate surface area is 286 Å². The molecule has 0 bridgehead atoms. The maximum Gasteiger partial charge on any atom is 2.00 e. The molecule has 2 aromatic rings. The average Bonchev–Trinajstić information content (AvgIpc) is 3.61. The van der Waals surface area contributed by atoms with E-state index in [-0.39, 0.29) is 69.6 Å². The Balaban J connectivity index is 0.00000256. The van der Waals surface area contributed by atoms with Gasteiger partial charge in [0, 0.05) is 18.0 Å². The van der Waals surface area contributed by atoms with Crippen LogP contribution >= 0.6 is 15.6 Å². The number of aliphatic hydroxyl groups is 4. The summed E-state index contributed by atoms with van der Waals surface area (Å²) >= 11 is 0. The topological polar surface area (TPSA) is 318 Å². The van der Waals surface area contributed by atoms with Crippen LogP contribution in [-0.4, -0.2) is 154 Å². The molecule has 2 fully saturated rings. The smallest absolute Gasteiger partial charge is 1.00 e. The van der Waals surface area contributed by atoms with E-state index in [4.69, 9.17) is 30.0 Å². The number of carbonyl (C=O) groups excluding carboxylic acids is 1. The van der Waals surface area contributed by atoms with Gasteiger partial charge in [-0.25, -0.2) is 24.1 Å². The largest absolute Gasteiger partial charge is 2.00 e. The maximum atomic E-state index is 12.4. The number of nitrogens with two attached hydrogens (primary N) is 2. The number of fused-ring (bicyclic) bond motifs is 1. The summed E-state index contributed by atoms with van der Waals surface area (Å²) in [5, 5.41) is 41.6. The minimum absolute atomic E-state index is 0. The van der Waals surface area contributed by atoms with Crippen molar-refractivity contribution in [3.8, 4) is 0 Å². The van der Waals surface area contributed by atoms with Crippen LogP contribution in [0.1, 0.15) is 15.5 Å². The van der Waals surface area contributed by atoms with Crippen molar-refractivity contribution in [2.75, 3.05) is 18.9 Å². The van der Waals surface area contributed by atoms with E-state index in [9.17, 15) is 44.1 Å². The van der Waals surface area contributed by atoms with E-state index in [2.05, 4.69) is 19.3 Å². The van der Waals surface area contributed by atoms with Crippen LogP contribution in [0.3, 0.4) is 0 Å². The van der Waals surface area contributed by atoms with Crippen molar-refractivity contribution >= 4 is 76.3 Å². The molecule has 246 valence electrons. The van der Waals surface area contributed by atoms with Gasteiger partial charge in [0.05, 0.1) is 19.5 Å². The molecule has 2 unspecified atom stereocenters. The van der Waals surface area contributed by atoms with Gasteiger partial charge < -0.3 is 58.9 Å². The van der Waals surface area contributed by atoms with Gasteiger partial charge in [0.25, 0.3) is 0 Å². The van der Waals surface area contributed by atoms with E-state index in [1.54, 1.807) is 6.08 Å². The molecule has 0 radical (unpaired) electrons. The summed E-state index contributed by atoms with van der Waals surface area (Å²) in [4.78, 5) is 44.6. The molecule has 0 spiro atoms. The number of imidazole rings is 1. The molecule has 2 saturated heterocycles. The number of aromatic nitrogens is 4. The number of carbonyl (C=O) groups is 1. The fourth-order valence-electron chi connectivity index (χ4n) is 4.68. The van der Waals surface area contributed by atoms with Gasteiger partial charge in [0.1, 0.15) is 48.5 Å². The van der Waals surface area contributed by atoms with Crippen LogP contribution in [0.15, 0.2) is 36.7 Å². The number of anilines is 1. The first-order chi connectivity index (χ1) is 20.7. The molecule has 5 rings (SSSR count). The van der Waals surface area contributed by atoms with Gasteiger partial charge in [-0.3, -0.25) is 18.4 Å². The predicted molar refractivity (Wildman–Crippen MR) is 150 cm³/mol. The van der Waals surface area contributed by atoms with Crippen LogP contribution in [0.2, 0.25) is 0 Å². The van der Waals surface area contributed by atoms with Gasteiger partial charge >= 0.3 is 53.4 Å². The summed E-state index contributed by atoms with van der Waals surface area (Å²) in [5.74, 6) is -0.658. The van der Waals surface area contributed by atoms with Crippen molar-refractivity contribution in [3.63, 3.8) is 0 Å². The number of nitrogens with zero attached hydrogens (tertiary/aromatic N) is 5. The minimum Gasteiger partial charge on any atom is -1.00 e. The Hall–Kier alpha value is -1.62. The summed E-state index contributed by atoms with van der Waals surface area (Å²) in [6.07, 6.45) is -4.88. The van der Waals surface area contributed by atoms with E-state index < -0.39 is 83.8 Å². The number of hydrogen-bond donors (Lipinski definition) is 8. The van der Waals surface area contributed by atoms with E-state index >= 15 is 0 Å². The third-order valence-corrected chi connectivity index (χ3v) is 9.48. The third kappa shape index (κ3) is 7.92. The van der Waals surface area contributed by atoms with Crippen LogP contribution < -0.4 is 11.5 Å². The van der Waals surface area contributed by atoms with Crippen LogP contribution in [0, 0.1) is 0 Å². The number of rotatable bonds is 11. The average molecular weight is 708 g/mol. The molecule has 24 heteroatoms. The van der Waals surface area contributed by atoms with Gasteiger partial charge in [-0.2, -0.15) is 4.31 Å². The number of hydrogen-bond acceptors (Lipinski definition) is 17. The fourth-order valence-corrected chi connectivity index (χ4v) is 6.77. The zero-order valence-electron chi connectivity index (χ0n) is 25.1. The first-order valence-electron chi connectivity index (χ1n) is 12.7. The van der Waals surface area contributed by atoms with E-state index in [1.807, 2.05) is 0 Å². The molecule has 10 N–H and O–H groups in total. The van der Waals surface area contributed by atoms with Crippen LogP contribution in [-0.2, 0) is 36.8 Å². The molecule has 45 heavy (non-hydrogen) atoms. The number of ether oxygens (including phenoxy) is 2. The quantitative estimate of drug-likeness (QED) is 0.0861. The summed E-state index contributed by atoms with van der Waals surface area (Å²) in [5.41, 5.74) is 11.6. The summed E-state index contributed by atoms with van der Waals surface area (Å²) in [7, 11) is -10.7. The Bertz CT molecular complexity index is 1570. The van der Waals surface area contributed by atoms with Crippen molar-refractivity contribution in [3.05, 3.63) is 36.7 Å². The predicted octanol–water partition coefficient (Wildman–Crippen LogP) is -2.84. The van der Waals surface area contributed by atoms with E-state index in [0.29, 0.717) is 0 Å². The maximum absolute atomic E-state index is 12.4.